The van der Waals surface area contributed by atoms with E-state index in [1.54, 1.807) is 79.9 Å². The molecule has 0 spiro atoms. The van der Waals surface area contributed by atoms with Gasteiger partial charge < -0.3 is 20.7 Å². The van der Waals surface area contributed by atoms with Gasteiger partial charge in [0.1, 0.15) is 11.4 Å². The summed E-state index contributed by atoms with van der Waals surface area (Å²) in [4.78, 5) is 45.0. The van der Waals surface area contributed by atoms with Crippen molar-refractivity contribution in [2.24, 2.45) is 0 Å². The van der Waals surface area contributed by atoms with Crippen LogP contribution in [-0.4, -0.2) is 35.1 Å². The van der Waals surface area contributed by atoms with Gasteiger partial charge in [0.15, 0.2) is 5.13 Å². The van der Waals surface area contributed by atoms with E-state index in [0.717, 1.165) is 20.9 Å². The Balaban J connectivity index is 1.30. The summed E-state index contributed by atoms with van der Waals surface area (Å²) in [5, 5.41) is 9.07. The predicted octanol–water partition coefficient (Wildman–Crippen LogP) is 7.88. The summed E-state index contributed by atoms with van der Waals surface area (Å²) in [5.74, 6) is -0.407. The Kier molecular flexibility index (Phi) is 10.5. The maximum Gasteiger partial charge on any atom is 0.272 e. The fourth-order valence-corrected chi connectivity index (χ4v) is 6.39. The number of carbonyl (C=O) groups excluding carboxylic acids is 3. The van der Waals surface area contributed by atoms with Crippen LogP contribution in [0.3, 0.4) is 0 Å². The van der Waals surface area contributed by atoms with E-state index in [9.17, 15) is 14.4 Å². The average molecular weight is 657 g/mol. The lowest BCUT2D eigenvalue weighted by Gasteiger charge is -2.15. The van der Waals surface area contributed by atoms with Crippen molar-refractivity contribution in [3.8, 4) is 5.75 Å². The van der Waals surface area contributed by atoms with E-state index in [-0.39, 0.29) is 11.6 Å². The highest BCUT2D eigenvalue weighted by molar-refractivity contribution is 8.00. The molecule has 0 fully saturated rings. The van der Waals surface area contributed by atoms with Crippen LogP contribution in [0.1, 0.15) is 29.3 Å². The molecule has 0 bridgehead atoms. The number of hydrogen-bond acceptors (Lipinski definition) is 7. The first-order valence-corrected chi connectivity index (χ1v) is 16.1. The summed E-state index contributed by atoms with van der Waals surface area (Å²) in [5.41, 5.74) is 2.28. The Labute approximate surface area is 273 Å². The lowest BCUT2D eigenvalue weighted by atomic mass is 10.1. The number of benzene rings is 4. The molecule has 0 aliphatic carbocycles. The van der Waals surface area contributed by atoms with E-state index in [1.165, 1.54) is 29.2 Å². The van der Waals surface area contributed by atoms with Crippen molar-refractivity contribution in [1.29, 1.82) is 0 Å². The number of carbonyl (C=O) groups is 3. The number of nitrogens with zero attached hydrogens (tertiary/aromatic N) is 1. The quantitative estimate of drug-likeness (QED) is 0.0986. The van der Waals surface area contributed by atoms with Gasteiger partial charge in [0, 0.05) is 21.2 Å². The Bertz CT molecular complexity index is 1880. The number of hydrogen-bond donors (Lipinski definition) is 3. The summed E-state index contributed by atoms with van der Waals surface area (Å²) in [6, 6.07) is 28.4. The van der Waals surface area contributed by atoms with E-state index in [2.05, 4.69) is 20.9 Å². The lowest BCUT2D eigenvalue weighted by Crippen LogP contribution is -2.30. The standard InChI is InChI=1S/C34H29ClN4O4S2/c1-3-29(33(42)39-34-38-27-17-16-24(43-2)20-30(27)45-34)44-25-14-9-13-23(19-25)36-32(41)28(18-22-12-7-8-15-26(22)35)37-31(40)21-10-5-4-6-11-21/h4-20,29H,3H2,1-2H3,(H,36,41)(H,37,40)(H,38,39,42)/b28-18+. The van der Waals surface area contributed by atoms with Gasteiger partial charge in [-0.25, -0.2) is 4.98 Å². The zero-order valence-electron chi connectivity index (χ0n) is 24.4. The van der Waals surface area contributed by atoms with E-state index < -0.39 is 17.1 Å². The monoisotopic (exact) mass is 656 g/mol. The number of ether oxygens (including phenoxy) is 1. The van der Waals surface area contributed by atoms with Gasteiger partial charge in [-0.15, -0.1) is 11.8 Å². The van der Waals surface area contributed by atoms with Gasteiger partial charge in [0.25, 0.3) is 11.8 Å². The molecule has 3 N–H and O–H groups in total. The first kappa shape index (κ1) is 31.8. The minimum Gasteiger partial charge on any atom is -0.497 e. The van der Waals surface area contributed by atoms with Gasteiger partial charge >= 0.3 is 0 Å². The number of rotatable bonds is 11. The van der Waals surface area contributed by atoms with Crippen LogP contribution < -0.4 is 20.7 Å². The smallest absolute Gasteiger partial charge is 0.272 e. The molecule has 45 heavy (non-hydrogen) atoms. The maximum absolute atomic E-state index is 13.5. The van der Waals surface area contributed by atoms with Crippen molar-refractivity contribution >= 4 is 79.5 Å². The molecule has 4 aromatic carbocycles. The maximum atomic E-state index is 13.5. The molecule has 0 radical (unpaired) electrons. The molecule has 1 unspecified atom stereocenters. The highest BCUT2D eigenvalue weighted by atomic mass is 35.5. The first-order chi connectivity index (χ1) is 21.8. The Morgan fingerprint density at radius 1 is 0.956 bits per heavy atom. The van der Waals surface area contributed by atoms with Gasteiger partial charge in [-0.3, -0.25) is 14.4 Å². The number of amides is 3. The molecule has 3 amide bonds. The summed E-state index contributed by atoms with van der Waals surface area (Å²) in [7, 11) is 1.61. The number of nitrogens with one attached hydrogen (secondary N) is 3. The Hall–Kier alpha value is -4.64. The molecule has 11 heteroatoms. The minimum atomic E-state index is -0.529. The van der Waals surface area contributed by atoms with Crippen molar-refractivity contribution < 1.29 is 19.1 Å². The van der Waals surface area contributed by atoms with Crippen molar-refractivity contribution in [3.63, 3.8) is 0 Å². The summed E-state index contributed by atoms with van der Waals surface area (Å²) in [6.45, 7) is 1.94. The predicted molar refractivity (Wildman–Crippen MR) is 183 cm³/mol. The zero-order chi connectivity index (χ0) is 31.8. The molecule has 1 aromatic heterocycles. The molecular weight excluding hydrogens is 628 g/mol. The largest absolute Gasteiger partial charge is 0.497 e. The molecule has 1 heterocycles. The topological polar surface area (TPSA) is 109 Å². The van der Waals surface area contributed by atoms with Gasteiger partial charge in [-0.1, -0.05) is 72.3 Å². The molecule has 0 aliphatic rings. The Morgan fingerprint density at radius 3 is 2.49 bits per heavy atom. The molecule has 8 nitrogen and oxygen atoms in total. The average Bonchev–Trinajstić information content (AvgIpc) is 3.46. The third-order valence-electron chi connectivity index (χ3n) is 6.59. The first-order valence-electron chi connectivity index (χ1n) is 14.0. The van der Waals surface area contributed by atoms with Crippen LogP contribution in [0.25, 0.3) is 16.3 Å². The van der Waals surface area contributed by atoms with E-state index >= 15 is 0 Å². The highest BCUT2D eigenvalue weighted by Gasteiger charge is 2.21. The number of aromatic nitrogens is 1. The van der Waals surface area contributed by atoms with Crippen LogP contribution in [0.2, 0.25) is 5.02 Å². The second-order valence-corrected chi connectivity index (χ2v) is 12.5. The van der Waals surface area contributed by atoms with Gasteiger partial charge in [0.2, 0.25) is 5.91 Å². The molecule has 0 aliphatic heterocycles. The van der Waals surface area contributed by atoms with Crippen molar-refractivity contribution in [3.05, 3.63) is 119 Å². The molecule has 0 saturated heterocycles. The normalized spacial score (nSPS) is 11.9. The zero-order valence-corrected chi connectivity index (χ0v) is 26.8. The third-order valence-corrected chi connectivity index (χ3v) is 9.23. The van der Waals surface area contributed by atoms with Crippen molar-refractivity contribution in [2.75, 3.05) is 17.7 Å². The number of thiazole rings is 1. The van der Waals surface area contributed by atoms with Crippen molar-refractivity contribution in [2.45, 2.75) is 23.5 Å². The van der Waals surface area contributed by atoms with E-state index in [4.69, 9.17) is 16.3 Å². The second-order valence-electron chi connectivity index (χ2n) is 9.74. The number of thioether (sulfide) groups is 1. The van der Waals surface area contributed by atoms with Crippen LogP contribution in [0, 0.1) is 0 Å². The molecule has 5 aromatic rings. The van der Waals surface area contributed by atoms with Crippen LogP contribution in [-0.2, 0) is 9.59 Å². The second kappa shape index (κ2) is 14.9. The molecule has 0 saturated carbocycles. The number of halogens is 1. The SMILES string of the molecule is CCC(Sc1cccc(NC(=O)/C(=C\c2ccccc2Cl)NC(=O)c2ccccc2)c1)C(=O)Nc1nc2ccc(OC)cc2s1. The number of methoxy groups -OCH3 is 1. The van der Waals surface area contributed by atoms with Crippen LogP contribution in [0.4, 0.5) is 10.8 Å². The van der Waals surface area contributed by atoms with Crippen LogP contribution in [0.5, 0.6) is 5.75 Å². The molecule has 228 valence electrons. The lowest BCUT2D eigenvalue weighted by molar-refractivity contribution is -0.116. The third kappa shape index (κ3) is 8.30. The molecule has 1 atom stereocenters. The summed E-state index contributed by atoms with van der Waals surface area (Å²) < 4.78 is 6.20. The van der Waals surface area contributed by atoms with Crippen molar-refractivity contribution in [1.82, 2.24) is 10.3 Å². The molecule has 5 rings (SSSR count). The van der Waals surface area contributed by atoms with Crippen LogP contribution in [0.15, 0.2) is 108 Å². The van der Waals surface area contributed by atoms with Gasteiger partial charge in [0.05, 0.1) is 22.6 Å². The van der Waals surface area contributed by atoms with E-state index in [1.807, 2.05) is 31.2 Å². The van der Waals surface area contributed by atoms with E-state index in [0.29, 0.717) is 33.4 Å². The highest BCUT2D eigenvalue weighted by Crippen LogP contribution is 2.32. The fourth-order valence-electron chi connectivity index (χ4n) is 4.29. The summed E-state index contributed by atoms with van der Waals surface area (Å²) >= 11 is 9.11. The van der Waals surface area contributed by atoms with Gasteiger partial charge in [-0.2, -0.15) is 0 Å². The minimum absolute atomic E-state index is 0.0225. The van der Waals surface area contributed by atoms with Gasteiger partial charge in [-0.05, 0) is 72.7 Å². The van der Waals surface area contributed by atoms with Crippen LogP contribution >= 0.6 is 34.7 Å². The Morgan fingerprint density at radius 2 is 1.73 bits per heavy atom. The molecular formula is C34H29ClN4O4S2. The number of fused-ring (bicyclic) bond motifs is 1. The fraction of sp³-hybridized carbons (Fsp3) is 0.118. The number of anilines is 2. The summed E-state index contributed by atoms with van der Waals surface area (Å²) in [6.07, 6.45) is 2.11.